The molecule has 1 saturated heterocycles. The van der Waals surface area contributed by atoms with E-state index in [4.69, 9.17) is 31.6 Å². The van der Waals surface area contributed by atoms with Crippen LogP contribution >= 0.6 is 35.7 Å². The molecular formula is C9H14FN2O12P3S. The minimum Gasteiger partial charge on any atom is -0.325 e. The summed E-state index contributed by atoms with van der Waals surface area (Å²) in [7, 11) is -16.8. The summed E-state index contributed by atoms with van der Waals surface area (Å²) < 4.78 is 65.8. The maximum absolute atomic E-state index is 14.8. The standard InChI is InChI=1S/C9H14FN2O12P3S/c1-9(10)4-6(21-7(9)12-3-2-5(28)11-8(12)13)22-26(17,18)24-27(19,20)23-25(14,15)16/h2-3,6-7H,4H2,1H3,(H,17,18)(H,19,20)(H,11,13,28)(H2,14,15,16)/t6-,7-,9?/m1/s1. The molecule has 3 unspecified atom stereocenters. The Hall–Kier alpha value is -0.600. The van der Waals surface area contributed by atoms with Gasteiger partial charge in [0.2, 0.25) is 0 Å². The van der Waals surface area contributed by atoms with Crippen molar-refractivity contribution in [1.82, 2.24) is 9.55 Å². The SMILES string of the molecule is CC1(F)C[C@@H](OP(=O)(O)OP(=O)(O)OP(=O)(O)O)O[C@H]1n1ccc(=S)[nH]c1=O. The number of hydrogen-bond donors (Lipinski definition) is 5. The van der Waals surface area contributed by atoms with Crippen LogP contribution in [0.2, 0.25) is 0 Å². The number of phosphoric acid groups is 3. The molecule has 1 aliphatic rings. The van der Waals surface area contributed by atoms with Gasteiger partial charge < -0.3 is 24.3 Å². The van der Waals surface area contributed by atoms with Crippen LogP contribution in [-0.2, 0) is 31.6 Å². The van der Waals surface area contributed by atoms with Gasteiger partial charge in [0.15, 0.2) is 18.2 Å². The summed E-state index contributed by atoms with van der Waals surface area (Å²) in [4.78, 5) is 49.6. The number of nitrogens with zero attached hydrogens (tertiary/aromatic N) is 1. The van der Waals surface area contributed by atoms with Crippen molar-refractivity contribution < 1.29 is 55.5 Å². The number of rotatable bonds is 7. The van der Waals surface area contributed by atoms with Crippen LogP contribution in [0.3, 0.4) is 0 Å². The molecule has 28 heavy (non-hydrogen) atoms. The molecule has 0 amide bonds. The summed E-state index contributed by atoms with van der Waals surface area (Å²) in [5.74, 6) is 0. The lowest BCUT2D eigenvalue weighted by Crippen LogP contribution is -2.35. The van der Waals surface area contributed by atoms with E-state index in [0.29, 0.717) is 0 Å². The highest BCUT2D eigenvalue weighted by atomic mass is 32.1. The molecule has 5 atom stereocenters. The highest BCUT2D eigenvalue weighted by Gasteiger charge is 2.51. The number of nitrogens with one attached hydrogen (secondary N) is 1. The fourth-order valence-corrected chi connectivity index (χ4v) is 5.47. The Morgan fingerprint density at radius 1 is 1.29 bits per heavy atom. The van der Waals surface area contributed by atoms with E-state index in [9.17, 15) is 27.8 Å². The van der Waals surface area contributed by atoms with E-state index in [1.54, 1.807) is 0 Å². The van der Waals surface area contributed by atoms with Crippen LogP contribution in [0, 0.1) is 4.64 Å². The van der Waals surface area contributed by atoms with Crippen molar-refractivity contribution in [2.75, 3.05) is 0 Å². The first kappa shape index (κ1) is 23.7. The topological polar surface area (TPSA) is 207 Å². The monoisotopic (exact) mass is 486 g/mol. The van der Waals surface area contributed by atoms with Crippen LogP contribution in [0.15, 0.2) is 17.1 Å². The molecule has 0 aliphatic carbocycles. The summed E-state index contributed by atoms with van der Waals surface area (Å²) in [6, 6.07) is 1.26. The highest BCUT2D eigenvalue weighted by molar-refractivity contribution is 7.71. The Morgan fingerprint density at radius 3 is 2.43 bits per heavy atom. The average molecular weight is 486 g/mol. The maximum Gasteiger partial charge on any atom is 0.490 e. The van der Waals surface area contributed by atoms with Crippen LogP contribution < -0.4 is 5.69 Å². The number of hydrogen-bond acceptors (Lipinski definition) is 9. The van der Waals surface area contributed by atoms with Gasteiger partial charge in [0.1, 0.15) is 4.64 Å². The van der Waals surface area contributed by atoms with Gasteiger partial charge in [-0.25, -0.2) is 22.9 Å². The van der Waals surface area contributed by atoms with E-state index >= 15 is 0 Å². The first-order valence-corrected chi connectivity index (χ1v) is 11.9. The highest BCUT2D eigenvalue weighted by Crippen LogP contribution is 2.67. The second-order valence-electron chi connectivity index (χ2n) is 5.61. The molecule has 1 aromatic heterocycles. The predicted octanol–water partition coefficient (Wildman–Crippen LogP) is 1.22. The number of ether oxygens (including phenoxy) is 1. The van der Waals surface area contributed by atoms with Gasteiger partial charge in [0, 0.05) is 12.6 Å². The van der Waals surface area contributed by atoms with E-state index in [0.717, 1.165) is 17.7 Å². The van der Waals surface area contributed by atoms with Gasteiger partial charge in [0.25, 0.3) is 0 Å². The van der Waals surface area contributed by atoms with E-state index in [1.165, 1.54) is 6.07 Å². The van der Waals surface area contributed by atoms with Crippen molar-refractivity contribution >= 4 is 35.7 Å². The van der Waals surface area contributed by atoms with Crippen molar-refractivity contribution in [2.24, 2.45) is 0 Å². The van der Waals surface area contributed by atoms with E-state index < -0.39 is 53.8 Å². The summed E-state index contributed by atoms with van der Waals surface area (Å²) in [5, 5.41) is 0. The van der Waals surface area contributed by atoms with Gasteiger partial charge in [-0.1, -0.05) is 12.2 Å². The predicted molar refractivity (Wildman–Crippen MR) is 88.9 cm³/mol. The molecule has 0 bridgehead atoms. The fourth-order valence-electron chi connectivity index (χ4n) is 2.24. The lowest BCUT2D eigenvalue weighted by molar-refractivity contribution is -0.120. The maximum atomic E-state index is 14.8. The molecule has 160 valence electrons. The molecule has 0 radical (unpaired) electrons. The summed E-state index contributed by atoms with van der Waals surface area (Å²) in [5.41, 5.74) is -3.16. The molecule has 1 aliphatic heterocycles. The molecule has 5 N–H and O–H groups in total. The van der Waals surface area contributed by atoms with Crippen LogP contribution in [0.1, 0.15) is 19.6 Å². The van der Waals surface area contributed by atoms with Crippen LogP contribution in [0.25, 0.3) is 0 Å². The van der Waals surface area contributed by atoms with Crippen molar-refractivity contribution in [3.05, 3.63) is 27.4 Å². The fraction of sp³-hybridized carbons (Fsp3) is 0.556. The largest absolute Gasteiger partial charge is 0.490 e. The first-order valence-electron chi connectivity index (χ1n) is 6.98. The van der Waals surface area contributed by atoms with Gasteiger partial charge in [-0.2, -0.15) is 8.62 Å². The first-order chi connectivity index (χ1) is 12.5. The second kappa shape index (κ2) is 7.91. The molecule has 1 fully saturated rings. The van der Waals surface area contributed by atoms with Crippen molar-refractivity contribution in [2.45, 2.75) is 31.5 Å². The molecule has 0 aromatic carbocycles. The second-order valence-corrected chi connectivity index (χ2v) is 10.4. The van der Waals surface area contributed by atoms with Crippen LogP contribution in [-0.4, -0.2) is 41.1 Å². The summed E-state index contributed by atoms with van der Waals surface area (Å²) in [6.07, 6.45) is -3.09. The third kappa shape index (κ3) is 6.46. The number of alkyl halides is 1. The molecule has 14 nitrogen and oxygen atoms in total. The average Bonchev–Trinajstić information content (AvgIpc) is 2.67. The number of aromatic amines is 1. The third-order valence-electron chi connectivity index (χ3n) is 3.13. The lowest BCUT2D eigenvalue weighted by Gasteiger charge is -2.22. The van der Waals surface area contributed by atoms with Gasteiger partial charge >= 0.3 is 29.2 Å². The van der Waals surface area contributed by atoms with Gasteiger partial charge in [-0.3, -0.25) is 14.1 Å². The molecule has 1 aromatic rings. The quantitative estimate of drug-likeness (QED) is 0.272. The van der Waals surface area contributed by atoms with Gasteiger partial charge in [-0.15, -0.1) is 0 Å². The third-order valence-corrected chi connectivity index (χ3v) is 7.20. The Morgan fingerprint density at radius 2 is 1.89 bits per heavy atom. The molecule has 0 saturated carbocycles. The Kier molecular flexibility index (Phi) is 6.69. The number of aromatic nitrogens is 2. The number of phosphoric ester groups is 1. The molecule has 2 heterocycles. The Bertz CT molecular complexity index is 1000. The van der Waals surface area contributed by atoms with E-state index in [1.807, 2.05) is 0 Å². The van der Waals surface area contributed by atoms with Crippen LogP contribution in [0.4, 0.5) is 4.39 Å². The Balaban J connectivity index is 2.16. The number of H-pyrrole nitrogens is 1. The minimum absolute atomic E-state index is 0.0598. The lowest BCUT2D eigenvalue weighted by atomic mass is 10.1. The molecule has 19 heteroatoms. The smallest absolute Gasteiger partial charge is 0.325 e. The minimum atomic E-state index is -5.73. The zero-order valence-electron chi connectivity index (χ0n) is 13.6. The summed E-state index contributed by atoms with van der Waals surface area (Å²) >= 11 is 4.74. The van der Waals surface area contributed by atoms with Gasteiger partial charge in [0.05, 0.1) is 0 Å². The number of halogens is 1. The van der Waals surface area contributed by atoms with Crippen LogP contribution in [0.5, 0.6) is 0 Å². The van der Waals surface area contributed by atoms with Crippen molar-refractivity contribution in [1.29, 1.82) is 0 Å². The van der Waals surface area contributed by atoms with Crippen molar-refractivity contribution in [3.63, 3.8) is 0 Å². The van der Waals surface area contributed by atoms with Crippen molar-refractivity contribution in [3.8, 4) is 0 Å². The molecule has 0 spiro atoms. The van der Waals surface area contributed by atoms with E-state index in [-0.39, 0.29) is 4.64 Å². The summed E-state index contributed by atoms with van der Waals surface area (Å²) in [6.45, 7) is 0.992. The van der Waals surface area contributed by atoms with Gasteiger partial charge in [-0.05, 0) is 13.0 Å². The molecular weight excluding hydrogens is 472 g/mol. The zero-order chi connectivity index (χ0) is 21.5. The van der Waals surface area contributed by atoms with E-state index in [2.05, 4.69) is 18.1 Å². The molecule has 2 rings (SSSR count). The zero-order valence-corrected chi connectivity index (χ0v) is 17.1. The Labute approximate surface area is 160 Å². The normalized spacial score (nSPS) is 29.9.